The van der Waals surface area contributed by atoms with Gasteiger partial charge in [0.05, 0.1) is 21.3 Å². The van der Waals surface area contributed by atoms with Gasteiger partial charge in [0.2, 0.25) is 5.75 Å². The van der Waals surface area contributed by atoms with Gasteiger partial charge in [0.1, 0.15) is 5.70 Å². The number of amides is 2. The number of methoxy groups -OCH3 is 3. The lowest BCUT2D eigenvalue weighted by atomic mass is 10.1. The van der Waals surface area contributed by atoms with Gasteiger partial charge in [0.25, 0.3) is 11.8 Å². The molecule has 0 aromatic heterocycles. The van der Waals surface area contributed by atoms with Gasteiger partial charge in [0.15, 0.2) is 17.3 Å². The molecule has 8 nitrogen and oxygen atoms in total. The monoisotopic (exact) mass is 640 g/mol. The molecule has 2 amide bonds. The molecule has 4 rings (SSSR count). The van der Waals surface area contributed by atoms with E-state index in [0.717, 1.165) is 10.0 Å². The molecule has 0 saturated carbocycles. The highest BCUT2D eigenvalue weighted by Crippen LogP contribution is 2.38. The van der Waals surface area contributed by atoms with Gasteiger partial charge in [-0.25, -0.2) is 0 Å². The van der Waals surface area contributed by atoms with E-state index >= 15 is 0 Å². The molecule has 43 heavy (non-hydrogen) atoms. The molecule has 0 spiro atoms. The third kappa shape index (κ3) is 8.21. The maximum atomic E-state index is 13.5. The summed E-state index contributed by atoms with van der Waals surface area (Å²) in [5.74, 6) is -0.0599. The maximum absolute atomic E-state index is 13.5. The number of ketones is 1. The summed E-state index contributed by atoms with van der Waals surface area (Å²) in [6.45, 7) is 0. The molecule has 0 heterocycles. The molecule has 4 aromatic carbocycles. The summed E-state index contributed by atoms with van der Waals surface area (Å²) in [7, 11) is 4.47. The molecular weight excluding hydrogens is 612 g/mol. The zero-order valence-corrected chi connectivity index (χ0v) is 25.3. The first-order chi connectivity index (χ1) is 20.8. The highest BCUT2D eigenvalue weighted by atomic mass is 79.9. The predicted molar refractivity (Wildman–Crippen MR) is 171 cm³/mol. The van der Waals surface area contributed by atoms with Gasteiger partial charge in [0, 0.05) is 21.3 Å². The summed E-state index contributed by atoms with van der Waals surface area (Å²) in [5.41, 5.74) is 2.65. The SMILES string of the molecule is COc1cc(/C=C(\NC(=O)c2ccccc2)C(=O)Nc2ccc(C(=O)/C=C/c3ccc(Br)cc3)cc2)cc(OC)c1OC. The number of hydrogen-bond acceptors (Lipinski definition) is 6. The standard InChI is InChI=1S/C34H29BrN2O6/c1-41-30-20-23(21-31(42-2)32(30)43-3)19-28(37-33(39)25-7-5-4-6-8-25)34(40)36-27-16-12-24(13-17-27)29(38)18-11-22-9-14-26(35)15-10-22/h4-21H,1-3H3,(H,36,40)(H,37,39)/b18-11+,28-19-. The average molecular weight is 642 g/mol. The van der Waals surface area contributed by atoms with Crippen LogP contribution in [0.1, 0.15) is 31.8 Å². The van der Waals surface area contributed by atoms with E-state index in [-0.39, 0.29) is 11.5 Å². The van der Waals surface area contributed by atoms with Crippen LogP contribution in [0.15, 0.2) is 107 Å². The van der Waals surface area contributed by atoms with Gasteiger partial charge in [-0.1, -0.05) is 52.3 Å². The average Bonchev–Trinajstić information content (AvgIpc) is 3.04. The third-order valence-electron chi connectivity index (χ3n) is 6.25. The van der Waals surface area contributed by atoms with Crippen LogP contribution in [0, 0.1) is 0 Å². The number of allylic oxidation sites excluding steroid dienone is 1. The smallest absolute Gasteiger partial charge is 0.272 e. The van der Waals surface area contributed by atoms with Crippen molar-refractivity contribution < 1.29 is 28.6 Å². The lowest BCUT2D eigenvalue weighted by Crippen LogP contribution is -2.30. The Morgan fingerprint density at radius 2 is 1.35 bits per heavy atom. The van der Waals surface area contributed by atoms with Crippen molar-refractivity contribution in [2.24, 2.45) is 0 Å². The number of benzene rings is 4. The first-order valence-corrected chi connectivity index (χ1v) is 13.9. The van der Waals surface area contributed by atoms with Gasteiger partial charge in [-0.05, 0) is 83.9 Å². The molecule has 0 fully saturated rings. The molecule has 0 aliphatic heterocycles. The normalized spacial score (nSPS) is 11.1. The van der Waals surface area contributed by atoms with Crippen molar-refractivity contribution in [1.82, 2.24) is 5.32 Å². The largest absolute Gasteiger partial charge is 0.493 e. The van der Waals surface area contributed by atoms with Crippen molar-refractivity contribution in [1.29, 1.82) is 0 Å². The fourth-order valence-electron chi connectivity index (χ4n) is 4.05. The van der Waals surface area contributed by atoms with Crippen LogP contribution in [0.5, 0.6) is 17.2 Å². The molecule has 0 aliphatic carbocycles. The highest BCUT2D eigenvalue weighted by Gasteiger charge is 2.18. The maximum Gasteiger partial charge on any atom is 0.272 e. The predicted octanol–water partition coefficient (Wildman–Crippen LogP) is 6.78. The quantitative estimate of drug-likeness (QED) is 0.138. The third-order valence-corrected chi connectivity index (χ3v) is 6.78. The van der Waals surface area contributed by atoms with E-state index in [0.29, 0.717) is 39.6 Å². The zero-order chi connectivity index (χ0) is 30.8. The Labute approximate surface area is 258 Å². The minimum atomic E-state index is -0.577. The van der Waals surface area contributed by atoms with Crippen LogP contribution in [-0.2, 0) is 4.79 Å². The number of rotatable bonds is 11. The van der Waals surface area contributed by atoms with E-state index in [4.69, 9.17) is 14.2 Å². The van der Waals surface area contributed by atoms with Crippen molar-refractivity contribution in [3.05, 3.63) is 129 Å². The molecule has 0 radical (unpaired) electrons. The summed E-state index contributed by atoms with van der Waals surface area (Å²) in [6, 6.07) is 25.9. The number of hydrogen-bond donors (Lipinski definition) is 2. The molecule has 0 bridgehead atoms. The van der Waals surface area contributed by atoms with Crippen LogP contribution >= 0.6 is 15.9 Å². The molecule has 4 aromatic rings. The number of nitrogens with one attached hydrogen (secondary N) is 2. The lowest BCUT2D eigenvalue weighted by molar-refractivity contribution is -0.113. The molecule has 0 aliphatic rings. The van der Waals surface area contributed by atoms with Crippen molar-refractivity contribution in [3.63, 3.8) is 0 Å². The van der Waals surface area contributed by atoms with Crippen LogP contribution in [0.4, 0.5) is 5.69 Å². The summed E-state index contributed by atoms with van der Waals surface area (Å²) in [5, 5.41) is 5.49. The Balaban J connectivity index is 1.57. The zero-order valence-electron chi connectivity index (χ0n) is 23.7. The summed E-state index contributed by atoms with van der Waals surface area (Å²) >= 11 is 3.39. The van der Waals surface area contributed by atoms with Gasteiger partial charge >= 0.3 is 0 Å². The van der Waals surface area contributed by atoms with E-state index < -0.39 is 11.8 Å². The van der Waals surface area contributed by atoms with Crippen LogP contribution in [0.2, 0.25) is 0 Å². The topological polar surface area (TPSA) is 103 Å². The second-order valence-corrected chi connectivity index (χ2v) is 10.0. The van der Waals surface area contributed by atoms with Crippen molar-refractivity contribution >= 4 is 51.4 Å². The van der Waals surface area contributed by atoms with E-state index in [2.05, 4.69) is 26.6 Å². The Kier molecular flexibility index (Phi) is 10.5. The van der Waals surface area contributed by atoms with Crippen LogP contribution < -0.4 is 24.8 Å². The summed E-state index contributed by atoms with van der Waals surface area (Å²) in [6.07, 6.45) is 4.74. The fourth-order valence-corrected chi connectivity index (χ4v) is 4.32. The second-order valence-electron chi connectivity index (χ2n) is 9.12. The van der Waals surface area contributed by atoms with E-state index in [1.165, 1.54) is 33.5 Å². The number of ether oxygens (including phenoxy) is 3. The summed E-state index contributed by atoms with van der Waals surface area (Å²) in [4.78, 5) is 39.1. The van der Waals surface area contributed by atoms with E-state index in [1.54, 1.807) is 72.8 Å². The Morgan fingerprint density at radius 3 is 1.93 bits per heavy atom. The minimum absolute atomic E-state index is 0.0271. The van der Waals surface area contributed by atoms with Crippen molar-refractivity contribution in [2.75, 3.05) is 26.6 Å². The van der Waals surface area contributed by atoms with Crippen LogP contribution in [0.25, 0.3) is 12.2 Å². The van der Waals surface area contributed by atoms with Crippen molar-refractivity contribution in [2.45, 2.75) is 0 Å². The number of halogens is 1. The van der Waals surface area contributed by atoms with Gasteiger partial charge in [-0.2, -0.15) is 0 Å². The summed E-state index contributed by atoms with van der Waals surface area (Å²) < 4.78 is 17.2. The van der Waals surface area contributed by atoms with Crippen molar-refractivity contribution in [3.8, 4) is 17.2 Å². The second kappa shape index (κ2) is 14.7. The lowest BCUT2D eigenvalue weighted by Gasteiger charge is -2.14. The molecular formula is C34H29BrN2O6. The molecule has 2 N–H and O–H groups in total. The molecule has 218 valence electrons. The van der Waals surface area contributed by atoms with Gasteiger partial charge in [-0.3, -0.25) is 14.4 Å². The number of carbonyl (C=O) groups excluding carboxylic acids is 3. The first-order valence-electron chi connectivity index (χ1n) is 13.1. The minimum Gasteiger partial charge on any atom is -0.493 e. The van der Waals surface area contributed by atoms with Crippen LogP contribution in [0.3, 0.4) is 0 Å². The van der Waals surface area contributed by atoms with Gasteiger partial charge < -0.3 is 24.8 Å². The van der Waals surface area contributed by atoms with E-state index in [1.807, 2.05) is 24.3 Å². The Hall–Kier alpha value is -5.15. The molecule has 0 saturated heterocycles. The molecule has 9 heteroatoms. The van der Waals surface area contributed by atoms with E-state index in [9.17, 15) is 14.4 Å². The highest BCUT2D eigenvalue weighted by molar-refractivity contribution is 9.10. The van der Waals surface area contributed by atoms with Crippen LogP contribution in [-0.4, -0.2) is 38.9 Å². The fraction of sp³-hybridized carbons (Fsp3) is 0.0882. The Morgan fingerprint density at radius 1 is 0.721 bits per heavy atom. The number of carbonyl (C=O) groups is 3. The molecule has 0 atom stereocenters. The number of anilines is 1. The molecule has 0 unspecified atom stereocenters. The van der Waals surface area contributed by atoms with Gasteiger partial charge in [-0.15, -0.1) is 0 Å². The first kappa shape index (κ1) is 30.8. The Bertz CT molecular complexity index is 1640.